The summed E-state index contributed by atoms with van der Waals surface area (Å²) in [5.74, 6) is 0.0951. The maximum atomic E-state index is 12.1. The summed E-state index contributed by atoms with van der Waals surface area (Å²) < 4.78 is 0. The van der Waals surface area contributed by atoms with Crippen molar-refractivity contribution in [1.82, 2.24) is 4.90 Å². The fourth-order valence-corrected chi connectivity index (χ4v) is 2.67. The molecule has 2 atom stereocenters. The molecule has 20 heavy (non-hydrogen) atoms. The van der Waals surface area contributed by atoms with Crippen LogP contribution in [0.25, 0.3) is 0 Å². The van der Waals surface area contributed by atoms with Crippen LogP contribution in [0.15, 0.2) is 60.7 Å². The highest BCUT2D eigenvalue weighted by Crippen LogP contribution is 2.30. The van der Waals surface area contributed by atoms with E-state index in [0.29, 0.717) is 0 Å². The quantitative estimate of drug-likeness (QED) is 0.806. The van der Waals surface area contributed by atoms with E-state index in [9.17, 15) is 4.79 Å². The maximum absolute atomic E-state index is 12.1. The van der Waals surface area contributed by atoms with Gasteiger partial charge in [-0.05, 0) is 25.0 Å². The van der Waals surface area contributed by atoms with Gasteiger partial charge >= 0.3 is 0 Å². The summed E-state index contributed by atoms with van der Waals surface area (Å²) in [5, 5.41) is 0. The Morgan fingerprint density at radius 3 is 1.45 bits per heavy atom. The first kappa shape index (κ1) is 14.3. The molecule has 1 amide bonds. The molecule has 0 unspecified atom stereocenters. The summed E-state index contributed by atoms with van der Waals surface area (Å²) in [6, 6.07) is 20.4. The summed E-state index contributed by atoms with van der Waals surface area (Å²) in [6.07, 6.45) is 0. The van der Waals surface area contributed by atoms with Crippen LogP contribution in [0.4, 0.5) is 0 Å². The van der Waals surface area contributed by atoms with Gasteiger partial charge in [-0.25, -0.2) is 0 Å². The number of rotatable bonds is 4. The number of nitrogens with zero attached hydrogens (tertiary/aromatic N) is 1. The van der Waals surface area contributed by atoms with E-state index < -0.39 is 0 Å². The van der Waals surface area contributed by atoms with E-state index in [-0.39, 0.29) is 18.0 Å². The highest BCUT2D eigenvalue weighted by molar-refractivity contribution is 5.74. The Hall–Kier alpha value is -2.09. The fraction of sp³-hybridized carbons (Fsp3) is 0.278. The SMILES string of the molecule is CC(=O)N([C@H](C)c1ccccc1)[C@H](C)c1ccccc1. The molecule has 0 fully saturated rings. The van der Waals surface area contributed by atoms with Crippen molar-refractivity contribution in [3.05, 3.63) is 71.8 Å². The second-order valence-corrected chi connectivity index (χ2v) is 5.10. The predicted octanol–water partition coefficient (Wildman–Crippen LogP) is 4.36. The smallest absolute Gasteiger partial charge is 0.220 e. The van der Waals surface area contributed by atoms with E-state index in [0.717, 1.165) is 11.1 Å². The fourth-order valence-electron chi connectivity index (χ4n) is 2.67. The van der Waals surface area contributed by atoms with Crippen molar-refractivity contribution in [3.63, 3.8) is 0 Å². The van der Waals surface area contributed by atoms with Crippen molar-refractivity contribution < 1.29 is 4.79 Å². The number of carbonyl (C=O) groups is 1. The predicted molar refractivity (Wildman–Crippen MR) is 82.2 cm³/mol. The Balaban J connectivity index is 2.30. The van der Waals surface area contributed by atoms with Gasteiger partial charge in [-0.15, -0.1) is 0 Å². The van der Waals surface area contributed by atoms with Gasteiger partial charge < -0.3 is 4.90 Å². The number of amides is 1. The van der Waals surface area contributed by atoms with E-state index in [4.69, 9.17) is 0 Å². The average Bonchev–Trinajstić information content (AvgIpc) is 2.48. The Morgan fingerprint density at radius 1 is 0.800 bits per heavy atom. The Labute approximate surface area is 121 Å². The zero-order valence-electron chi connectivity index (χ0n) is 12.3. The lowest BCUT2D eigenvalue weighted by Crippen LogP contribution is -2.34. The third-order valence-electron chi connectivity index (χ3n) is 3.76. The van der Waals surface area contributed by atoms with Gasteiger partial charge in [0.15, 0.2) is 0 Å². The van der Waals surface area contributed by atoms with Crippen LogP contribution in [0.1, 0.15) is 44.0 Å². The summed E-state index contributed by atoms with van der Waals surface area (Å²) in [7, 11) is 0. The average molecular weight is 267 g/mol. The zero-order chi connectivity index (χ0) is 14.5. The molecule has 0 N–H and O–H groups in total. The molecule has 2 rings (SSSR count). The number of carbonyl (C=O) groups excluding carboxylic acids is 1. The molecular formula is C18H21NO. The molecule has 0 saturated heterocycles. The summed E-state index contributed by atoms with van der Waals surface area (Å²) >= 11 is 0. The molecular weight excluding hydrogens is 246 g/mol. The molecule has 2 heteroatoms. The van der Waals surface area contributed by atoms with E-state index in [1.54, 1.807) is 6.92 Å². The normalized spacial score (nSPS) is 13.6. The van der Waals surface area contributed by atoms with Crippen LogP contribution < -0.4 is 0 Å². The molecule has 0 saturated carbocycles. The van der Waals surface area contributed by atoms with E-state index >= 15 is 0 Å². The number of hydrogen-bond donors (Lipinski definition) is 0. The van der Waals surface area contributed by atoms with Gasteiger partial charge in [0.1, 0.15) is 0 Å². The lowest BCUT2D eigenvalue weighted by molar-refractivity contribution is -0.133. The molecule has 0 aliphatic heterocycles. The minimum atomic E-state index is 0.0592. The van der Waals surface area contributed by atoms with Crippen LogP contribution >= 0.6 is 0 Å². The van der Waals surface area contributed by atoms with Crippen LogP contribution in [0.5, 0.6) is 0 Å². The maximum Gasteiger partial charge on any atom is 0.220 e. The van der Waals surface area contributed by atoms with Crippen molar-refractivity contribution in [2.45, 2.75) is 32.9 Å². The highest BCUT2D eigenvalue weighted by atomic mass is 16.2. The molecule has 2 aromatic carbocycles. The molecule has 0 radical (unpaired) electrons. The monoisotopic (exact) mass is 267 g/mol. The van der Waals surface area contributed by atoms with Gasteiger partial charge in [-0.2, -0.15) is 0 Å². The van der Waals surface area contributed by atoms with Gasteiger partial charge in [0.2, 0.25) is 5.91 Å². The van der Waals surface area contributed by atoms with E-state index in [2.05, 4.69) is 38.1 Å². The van der Waals surface area contributed by atoms with Crippen LogP contribution in [0.3, 0.4) is 0 Å². The molecule has 0 spiro atoms. The highest BCUT2D eigenvalue weighted by Gasteiger charge is 2.24. The van der Waals surface area contributed by atoms with Gasteiger partial charge in [-0.3, -0.25) is 4.79 Å². The minimum absolute atomic E-state index is 0.0592. The Morgan fingerprint density at radius 2 is 1.15 bits per heavy atom. The van der Waals surface area contributed by atoms with Crippen LogP contribution in [-0.2, 0) is 4.79 Å². The van der Waals surface area contributed by atoms with E-state index in [1.807, 2.05) is 41.3 Å². The largest absolute Gasteiger partial charge is 0.329 e. The van der Waals surface area contributed by atoms with Crippen LogP contribution in [0.2, 0.25) is 0 Å². The molecule has 0 aromatic heterocycles. The molecule has 0 aliphatic carbocycles. The first-order valence-corrected chi connectivity index (χ1v) is 7.00. The van der Waals surface area contributed by atoms with Crippen molar-refractivity contribution in [3.8, 4) is 0 Å². The molecule has 0 heterocycles. The third-order valence-corrected chi connectivity index (χ3v) is 3.76. The molecule has 2 aromatic rings. The van der Waals surface area contributed by atoms with Crippen LogP contribution in [-0.4, -0.2) is 10.8 Å². The van der Waals surface area contributed by atoms with Crippen LogP contribution in [0, 0.1) is 0 Å². The van der Waals surface area contributed by atoms with Gasteiger partial charge in [0.05, 0.1) is 12.1 Å². The number of benzene rings is 2. The second kappa shape index (κ2) is 6.38. The molecule has 104 valence electrons. The first-order chi connectivity index (χ1) is 9.61. The second-order valence-electron chi connectivity index (χ2n) is 5.10. The minimum Gasteiger partial charge on any atom is -0.329 e. The first-order valence-electron chi connectivity index (χ1n) is 7.00. The van der Waals surface area contributed by atoms with Gasteiger partial charge in [0.25, 0.3) is 0 Å². The van der Waals surface area contributed by atoms with Crippen molar-refractivity contribution in [1.29, 1.82) is 0 Å². The zero-order valence-corrected chi connectivity index (χ0v) is 12.3. The van der Waals surface area contributed by atoms with Crippen molar-refractivity contribution in [2.24, 2.45) is 0 Å². The summed E-state index contributed by atoms with van der Waals surface area (Å²) in [5.41, 5.74) is 2.32. The Kier molecular flexibility index (Phi) is 4.57. The van der Waals surface area contributed by atoms with Crippen molar-refractivity contribution in [2.75, 3.05) is 0 Å². The number of hydrogen-bond acceptors (Lipinski definition) is 1. The lowest BCUT2D eigenvalue weighted by atomic mass is 10.0. The topological polar surface area (TPSA) is 20.3 Å². The Bertz CT molecular complexity index is 505. The van der Waals surface area contributed by atoms with Crippen molar-refractivity contribution >= 4 is 5.91 Å². The van der Waals surface area contributed by atoms with Gasteiger partial charge in [-0.1, -0.05) is 60.7 Å². The standard InChI is InChI=1S/C18H21NO/c1-14(17-10-6-4-7-11-17)19(16(3)20)15(2)18-12-8-5-9-13-18/h4-15H,1-3H3/t14-,15-/m1/s1. The third kappa shape index (κ3) is 3.08. The molecule has 0 aliphatic rings. The summed E-state index contributed by atoms with van der Waals surface area (Å²) in [6.45, 7) is 5.80. The molecule has 2 nitrogen and oxygen atoms in total. The van der Waals surface area contributed by atoms with E-state index in [1.165, 1.54) is 0 Å². The summed E-state index contributed by atoms with van der Waals surface area (Å²) in [4.78, 5) is 14.0. The lowest BCUT2D eigenvalue weighted by Gasteiger charge is -2.34. The molecule has 0 bridgehead atoms. The van der Waals surface area contributed by atoms with Gasteiger partial charge in [0, 0.05) is 6.92 Å².